The van der Waals surface area contributed by atoms with Crippen LogP contribution >= 0.6 is 11.3 Å². The number of nitrogens with one attached hydrogen (secondary N) is 2. The second-order valence-electron chi connectivity index (χ2n) is 9.13. The monoisotopic (exact) mass is 550 g/mol. The van der Waals surface area contributed by atoms with E-state index in [4.69, 9.17) is 4.74 Å². The summed E-state index contributed by atoms with van der Waals surface area (Å²) >= 11 is 1.13. The number of carbonyl (C=O) groups is 3. The maximum Gasteiger partial charge on any atom is 0.343 e. The summed E-state index contributed by atoms with van der Waals surface area (Å²) in [6, 6.07) is 4.81. The van der Waals surface area contributed by atoms with Gasteiger partial charge in [0.1, 0.15) is 22.3 Å². The molecule has 1 aromatic carbocycles. The van der Waals surface area contributed by atoms with Crippen LogP contribution in [0.2, 0.25) is 0 Å². The van der Waals surface area contributed by atoms with Gasteiger partial charge in [-0.1, -0.05) is 24.6 Å². The van der Waals surface area contributed by atoms with Gasteiger partial charge in [-0.3, -0.25) is 23.6 Å². The summed E-state index contributed by atoms with van der Waals surface area (Å²) in [7, 11) is 1.58. The standard InChI is InChI=1S/C27H30N6O5S/c1-7-19(23(34)31-22-17(12-29-32(22)6)27(37)38-8-2)33-13-28-25-20(26(33)36)16(5)21(39-25)24(35)30-18-10-9-14(3)11-15(18)4/h9-13,19H,7-8H2,1-6H3,(H,30,35)(H,31,34). The van der Waals surface area contributed by atoms with Crippen LogP contribution in [0.1, 0.15) is 63.0 Å². The molecule has 1 unspecified atom stereocenters. The summed E-state index contributed by atoms with van der Waals surface area (Å²) in [5.74, 6) is -1.30. The van der Waals surface area contributed by atoms with Gasteiger partial charge in [-0.25, -0.2) is 9.78 Å². The van der Waals surface area contributed by atoms with Crippen LogP contribution in [0.3, 0.4) is 0 Å². The molecule has 2 amide bonds. The molecule has 4 aromatic rings. The maximum atomic E-state index is 13.6. The van der Waals surface area contributed by atoms with Crippen molar-refractivity contribution in [2.75, 3.05) is 17.2 Å². The van der Waals surface area contributed by atoms with Gasteiger partial charge >= 0.3 is 5.97 Å². The van der Waals surface area contributed by atoms with E-state index in [9.17, 15) is 19.2 Å². The third kappa shape index (κ3) is 5.32. The molecule has 0 aliphatic heterocycles. The minimum atomic E-state index is -0.925. The molecule has 2 N–H and O–H groups in total. The molecule has 39 heavy (non-hydrogen) atoms. The van der Waals surface area contributed by atoms with Gasteiger partial charge in [0, 0.05) is 12.7 Å². The van der Waals surface area contributed by atoms with Crippen molar-refractivity contribution in [3.8, 4) is 0 Å². The number of benzene rings is 1. The lowest BCUT2D eigenvalue weighted by Crippen LogP contribution is -2.34. The van der Waals surface area contributed by atoms with Crippen LogP contribution in [0.15, 0.2) is 35.5 Å². The number of ether oxygens (including phenoxy) is 1. The number of rotatable bonds is 8. The number of hydrogen-bond acceptors (Lipinski definition) is 8. The van der Waals surface area contributed by atoms with Gasteiger partial charge in [-0.2, -0.15) is 5.10 Å². The zero-order valence-corrected chi connectivity index (χ0v) is 23.4. The smallest absolute Gasteiger partial charge is 0.343 e. The van der Waals surface area contributed by atoms with Crippen LogP contribution in [0.5, 0.6) is 0 Å². The number of esters is 1. The molecule has 0 saturated heterocycles. The zero-order valence-electron chi connectivity index (χ0n) is 22.6. The summed E-state index contributed by atoms with van der Waals surface area (Å²) in [6.45, 7) is 9.21. The second kappa shape index (κ2) is 11.2. The van der Waals surface area contributed by atoms with E-state index >= 15 is 0 Å². The lowest BCUT2D eigenvalue weighted by atomic mass is 10.1. The van der Waals surface area contributed by atoms with E-state index in [1.165, 1.54) is 21.8 Å². The van der Waals surface area contributed by atoms with Crippen LogP contribution in [0, 0.1) is 20.8 Å². The van der Waals surface area contributed by atoms with E-state index in [0.29, 0.717) is 21.0 Å². The van der Waals surface area contributed by atoms with E-state index in [2.05, 4.69) is 20.7 Å². The molecule has 3 heterocycles. The Morgan fingerprint density at radius 3 is 2.54 bits per heavy atom. The van der Waals surface area contributed by atoms with Crippen molar-refractivity contribution >= 4 is 50.8 Å². The van der Waals surface area contributed by atoms with Gasteiger partial charge in [0.25, 0.3) is 11.5 Å². The van der Waals surface area contributed by atoms with Gasteiger partial charge in [0.05, 0.1) is 29.4 Å². The minimum absolute atomic E-state index is 0.108. The van der Waals surface area contributed by atoms with E-state index < -0.39 is 23.5 Å². The molecule has 0 fully saturated rings. The van der Waals surface area contributed by atoms with Gasteiger partial charge < -0.3 is 15.4 Å². The van der Waals surface area contributed by atoms with Crippen LogP contribution in [-0.4, -0.2) is 43.7 Å². The predicted octanol–water partition coefficient (Wildman–Crippen LogP) is 4.14. The molecule has 0 spiro atoms. The first-order valence-electron chi connectivity index (χ1n) is 12.5. The maximum absolute atomic E-state index is 13.6. The molecule has 204 valence electrons. The van der Waals surface area contributed by atoms with E-state index in [-0.39, 0.29) is 35.7 Å². The van der Waals surface area contributed by atoms with Crippen molar-refractivity contribution in [1.29, 1.82) is 0 Å². The van der Waals surface area contributed by atoms with Crippen molar-refractivity contribution in [1.82, 2.24) is 19.3 Å². The van der Waals surface area contributed by atoms with Crippen LogP contribution in [-0.2, 0) is 16.6 Å². The molecule has 4 rings (SSSR count). The fourth-order valence-electron chi connectivity index (χ4n) is 4.36. The predicted molar refractivity (Wildman–Crippen MR) is 150 cm³/mol. The molecular weight excluding hydrogens is 520 g/mol. The lowest BCUT2D eigenvalue weighted by molar-refractivity contribution is -0.119. The highest BCUT2D eigenvalue weighted by atomic mass is 32.1. The summed E-state index contributed by atoms with van der Waals surface area (Å²) in [5.41, 5.74) is 2.87. The molecule has 3 aromatic heterocycles. The Kier molecular flexibility index (Phi) is 7.95. The molecule has 0 saturated carbocycles. The number of anilines is 2. The Labute approximate surface area is 228 Å². The molecule has 0 bridgehead atoms. The van der Waals surface area contributed by atoms with Crippen molar-refractivity contribution < 1.29 is 19.1 Å². The number of amides is 2. The van der Waals surface area contributed by atoms with E-state index in [1.54, 1.807) is 27.8 Å². The van der Waals surface area contributed by atoms with Gasteiger partial charge in [0.2, 0.25) is 5.91 Å². The number of thiophene rings is 1. The Hall–Kier alpha value is -4.32. The first kappa shape index (κ1) is 27.7. The van der Waals surface area contributed by atoms with Crippen LogP contribution in [0.25, 0.3) is 10.2 Å². The van der Waals surface area contributed by atoms with Crippen molar-refractivity contribution in [3.63, 3.8) is 0 Å². The first-order chi connectivity index (χ1) is 18.6. The number of carbonyl (C=O) groups excluding carboxylic acids is 3. The van der Waals surface area contributed by atoms with Crippen LogP contribution < -0.4 is 16.2 Å². The highest BCUT2D eigenvalue weighted by molar-refractivity contribution is 7.20. The fraction of sp³-hybridized carbons (Fsp3) is 0.333. The van der Waals surface area contributed by atoms with Crippen molar-refractivity contribution in [3.05, 3.63) is 68.2 Å². The van der Waals surface area contributed by atoms with Crippen molar-refractivity contribution in [2.24, 2.45) is 7.05 Å². The van der Waals surface area contributed by atoms with Crippen molar-refractivity contribution in [2.45, 2.75) is 47.1 Å². The van der Waals surface area contributed by atoms with Gasteiger partial charge in [-0.05, 0) is 51.3 Å². The molecule has 0 aliphatic carbocycles. The molecule has 0 aliphatic rings. The van der Waals surface area contributed by atoms with Gasteiger partial charge in [-0.15, -0.1) is 11.3 Å². The summed E-state index contributed by atoms with van der Waals surface area (Å²) in [4.78, 5) is 57.5. The molecule has 12 heteroatoms. The zero-order chi connectivity index (χ0) is 28.4. The number of fused-ring (bicyclic) bond motifs is 1. The molecule has 11 nitrogen and oxygen atoms in total. The largest absolute Gasteiger partial charge is 0.462 e. The third-order valence-electron chi connectivity index (χ3n) is 6.41. The Balaban J connectivity index is 1.65. The quantitative estimate of drug-likeness (QED) is 0.315. The third-order valence-corrected chi connectivity index (χ3v) is 7.61. The topological polar surface area (TPSA) is 137 Å². The first-order valence-corrected chi connectivity index (χ1v) is 13.3. The molecule has 1 atom stereocenters. The van der Waals surface area contributed by atoms with E-state index in [0.717, 1.165) is 22.5 Å². The van der Waals surface area contributed by atoms with Crippen LogP contribution in [0.4, 0.5) is 11.5 Å². The average molecular weight is 551 g/mol. The Morgan fingerprint density at radius 2 is 1.87 bits per heavy atom. The van der Waals surface area contributed by atoms with E-state index in [1.807, 2.05) is 32.0 Å². The Morgan fingerprint density at radius 1 is 1.13 bits per heavy atom. The number of hydrogen-bond donors (Lipinski definition) is 2. The lowest BCUT2D eigenvalue weighted by Gasteiger charge is -2.18. The number of aryl methyl sites for hydroxylation is 4. The number of nitrogens with zero attached hydrogens (tertiary/aromatic N) is 4. The summed E-state index contributed by atoms with van der Waals surface area (Å²) < 4.78 is 7.65. The fourth-order valence-corrected chi connectivity index (χ4v) is 5.40. The second-order valence-corrected chi connectivity index (χ2v) is 10.1. The number of aromatic nitrogens is 4. The Bertz CT molecular complexity index is 1650. The molecular formula is C27H30N6O5S. The molecule has 0 radical (unpaired) electrons. The summed E-state index contributed by atoms with van der Waals surface area (Å²) in [5, 5.41) is 9.96. The SMILES string of the molecule is CCOC(=O)c1cnn(C)c1NC(=O)C(CC)n1cnc2sc(C(=O)Nc3ccc(C)cc3C)c(C)c2c1=O. The minimum Gasteiger partial charge on any atom is -0.462 e. The average Bonchev–Trinajstić information content (AvgIpc) is 3.42. The highest BCUT2D eigenvalue weighted by Gasteiger charge is 2.27. The highest BCUT2D eigenvalue weighted by Crippen LogP contribution is 2.29. The summed E-state index contributed by atoms with van der Waals surface area (Å²) in [6.07, 6.45) is 2.90. The normalized spacial score (nSPS) is 11.8. The van der Waals surface area contributed by atoms with Gasteiger partial charge in [0.15, 0.2) is 0 Å².